The average molecular weight is 397 g/mol. The zero-order valence-corrected chi connectivity index (χ0v) is 15.4. The van der Waals surface area contributed by atoms with Crippen molar-refractivity contribution in [3.05, 3.63) is 54.1 Å². The number of hydrogen-bond acceptors (Lipinski definition) is 5. The highest BCUT2D eigenvalue weighted by molar-refractivity contribution is 7.87. The standard InChI is InChI=1S/C17H17ClN2O5S/c1-2-12-6-3-4-9-15(12)25-26(23,24)14-8-5-7-13(10-14)19-17(22)20-16(21)11-18/h3-10H,2,11H2,1H3,(H2,19,20,21,22). The second kappa shape index (κ2) is 8.68. The molecule has 7 nitrogen and oxygen atoms in total. The molecule has 0 aromatic heterocycles. The van der Waals surface area contributed by atoms with Crippen LogP contribution in [0.4, 0.5) is 10.5 Å². The van der Waals surface area contributed by atoms with Crippen molar-refractivity contribution in [2.24, 2.45) is 0 Å². The summed E-state index contributed by atoms with van der Waals surface area (Å²) in [4.78, 5) is 22.6. The molecule has 0 fully saturated rings. The lowest BCUT2D eigenvalue weighted by Gasteiger charge is -2.11. The van der Waals surface area contributed by atoms with Gasteiger partial charge in [0.1, 0.15) is 16.5 Å². The van der Waals surface area contributed by atoms with E-state index in [0.717, 1.165) is 5.56 Å². The van der Waals surface area contributed by atoms with Gasteiger partial charge >= 0.3 is 16.1 Å². The second-order valence-electron chi connectivity index (χ2n) is 5.16. The molecule has 2 rings (SSSR count). The summed E-state index contributed by atoms with van der Waals surface area (Å²) in [5, 5.41) is 4.35. The number of benzene rings is 2. The van der Waals surface area contributed by atoms with Gasteiger partial charge < -0.3 is 9.50 Å². The van der Waals surface area contributed by atoms with Crippen LogP contribution in [0.2, 0.25) is 0 Å². The van der Waals surface area contributed by atoms with E-state index in [4.69, 9.17) is 15.8 Å². The Morgan fingerprint density at radius 2 is 1.85 bits per heavy atom. The van der Waals surface area contributed by atoms with Crippen LogP contribution in [0, 0.1) is 0 Å². The normalized spacial score (nSPS) is 10.8. The number of amides is 3. The third-order valence-corrected chi connectivity index (χ3v) is 4.78. The third kappa shape index (κ3) is 5.21. The summed E-state index contributed by atoms with van der Waals surface area (Å²) in [5.74, 6) is -0.793. The predicted molar refractivity (Wildman–Crippen MR) is 98.0 cm³/mol. The Balaban J connectivity index is 2.20. The number of urea groups is 1. The summed E-state index contributed by atoms with van der Waals surface area (Å²) in [5.41, 5.74) is 0.933. The van der Waals surface area contributed by atoms with Crippen molar-refractivity contribution in [1.29, 1.82) is 0 Å². The molecule has 2 aromatic rings. The number of imide groups is 1. The van der Waals surface area contributed by atoms with Crippen molar-refractivity contribution < 1.29 is 22.2 Å². The number of carbonyl (C=O) groups excluding carboxylic acids is 2. The van der Waals surface area contributed by atoms with Gasteiger partial charge in [0.15, 0.2) is 0 Å². The molecule has 0 aliphatic carbocycles. The highest BCUT2D eigenvalue weighted by atomic mass is 35.5. The zero-order chi connectivity index (χ0) is 19.2. The van der Waals surface area contributed by atoms with Gasteiger partial charge in [-0.05, 0) is 36.2 Å². The molecule has 0 radical (unpaired) electrons. The number of halogens is 1. The van der Waals surface area contributed by atoms with E-state index in [9.17, 15) is 18.0 Å². The number of rotatable bonds is 6. The highest BCUT2D eigenvalue weighted by Crippen LogP contribution is 2.24. The Morgan fingerprint density at radius 1 is 1.12 bits per heavy atom. The quantitative estimate of drug-likeness (QED) is 0.577. The molecule has 26 heavy (non-hydrogen) atoms. The first-order valence-corrected chi connectivity index (χ1v) is 9.59. The molecule has 0 aliphatic rings. The molecule has 2 aromatic carbocycles. The average Bonchev–Trinajstić information content (AvgIpc) is 2.62. The molecule has 0 aliphatic heterocycles. The maximum Gasteiger partial charge on any atom is 0.339 e. The lowest BCUT2D eigenvalue weighted by molar-refractivity contribution is -0.117. The molecule has 0 saturated heterocycles. The lowest BCUT2D eigenvalue weighted by Crippen LogP contribution is -2.35. The minimum atomic E-state index is -4.09. The number of alkyl halides is 1. The summed E-state index contributed by atoms with van der Waals surface area (Å²) < 4.78 is 30.2. The first-order chi connectivity index (χ1) is 12.4. The van der Waals surface area contributed by atoms with Crippen LogP contribution in [0.25, 0.3) is 0 Å². The SMILES string of the molecule is CCc1ccccc1OS(=O)(=O)c1cccc(NC(=O)NC(=O)CCl)c1. The largest absolute Gasteiger partial charge is 0.379 e. The van der Waals surface area contributed by atoms with Crippen LogP contribution >= 0.6 is 11.6 Å². The van der Waals surface area contributed by atoms with Crippen LogP contribution in [0.1, 0.15) is 12.5 Å². The van der Waals surface area contributed by atoms with Gasteiger partial charge in [0.2, 0.25) is 5.91 Å². The first-order valence-electron chi connectivity index (χ1n) is 7.65. The fourth-order valence-electron chi connectivity index (χ4n) is 2.10. The molecule has 3 amide bonds. The summed E-state index contributed by atoms with van der Waals surface area (Å²) >= 11 is 5.30. The van der Waals surface area contributed by atoms with Gasteiger partial charge in [0, 0.05) is 5.69 Å². The molecule has 0 bridgehead atoms. The minimum Gasteiger partial charge on any atom is -0.379 e. The summed E-state index contributed by atoms with van der Waals surface area (Å²) in [6.07, 6.45) is 0.613. The van der Waals surface area contributed by atoms with Crippen LogP contribution in [0.3, 0.4) is 0 Å². The lowest BCUT2D eigenvalue weighted by atomic mass is 10.1. The minimum absolute atomic E-state index is 0.134. The van der Waals surface area contributed by atoms with Gasteiger partial charge in [-0.1, -0.05) is 31.2 Å². The topological polar surface area (TPSA) is 102 Å². The Bertz CT molecular complexity index is 915. The molecule has 2 N–H and O–H groups in total. The van der Waals surface area contributed by atoms with E-state index < -0.39 is 22.1 Å². The Morgan fingerprint density at radius 3 is 2.54 bits per heavy atom. The van der Waals surface area contributed by atoms with Gasteiger partial charge in [-0.15, -0.1) is 11.6 Å². The molecule has 0 saturated carbocycles. The Labute approximate surface area is 156 Å². The van der Waals surface area contributed by atoms with E-state index >= 15 is 0 Å². The van der Waals surface area contributed by atoms with Crippen molar-refractivity contribution in [2.75, 3.05) is 11.2 Å². The summed E-state index contributed by atoms with van der Waals surface area (Å²) in [7, 11) is -4.09. The number of nitrogens with one attached hydrogen (secondary N) is 2. The molecular formula is C17H17ClN2O5S. The van der Waals surface area contributed by atoms with E-state index in [0.29, 0.717) is 6.42 Å². The van der Waals surface area contributed by atoms with Crippen LogP contribution in [0.15, 0.2) is 53.4 Å². The van der Waals surface area contributed by atoms with Crippen LogP contribution < -0.4 is 14.8 Å². The van der Waals surface area contributed by atoms with Crippen molar-refractivity contribution >= 4 is 39.3 Å². The van der Waals surface area contributed by atoms with Crippen molar-refractivity contribution in [3.8, 4) is 5.75 Å². The number of carbonyl (C=O) groups is 2. The van der Waals surface area contributed by atoms with Gasteiger partial charge in [0.25, 0.3) is 0 Å². The molecule has 0 unspecified atom stereocenters. The predicted octanol–water partition coefficient (Wildman–Crippen LogP) is 2.90. The van der Waals surface area contributed by atoms with Crippen LogP contribution in [-0.2, 0) is 21.3 Å². The second-order valence-corrected chi connectivity index (χ2v) is 6.98. The third-order valence-electron chi connectivity index (χ3n) is 3.31. The Hall–Kier alpha value is -2.58. The van der Waals surface area contributed by atoms with Crippen LogP contribution in [-0.4, -0.2) is 26.2 Å². The molecular weight excluding hydrogens is 380 g/mol. The van der Waals surface area contributed by atoms with E-state index in [1.54, 1.807) is 24.3 Å². The number of aryl methyl sites for hydroxylation is 1. The number of para-hydroxylation sites is 1. The summed E-state index contributed by atoms with van der Waals surface area (Å²) in [6, 6.07) is 11.5. The van der Waals surface area contributed by atoms with E-state index in [2.05, 4.69) is 5.32 Å². The molecule has 0 atom stereocenters. The zero-order valence-electron chi connectivity index (χ0n) is 13.9. The number of anilines is 1. The maximum absolute atomic E-state index is 12.5. The van der Waals surface area contributed by atoms with Gasteiger partial charge in [-0.3, -0.25) is 10.1 Å². The van der Waals surface area contributed by atoms with E-state index in [-0.39, 0.29) is 22.2 Å². The van der Waals surface area contributed by atoms with Gasteiger partial charge in [0.05, 0.1) is 0 Å². The van der Waals surface area contributed by atoms with E-state index in [1.807, 2.05) is 12.2 Å². The van der Waals surface area contributed by atoms with Crippen LogP contribution in [0.5, 0.6) is 5.75 Å². The summed E-state index contributed by atoms with van der Waals surface area (Å²) in [6.45, 7) is 1.89. The molecule has 138 valence electrons. The van der Waals surface area contributed by atoms with Gasteiger partial charge in [-0.2, -0.15) is 8.42 Å². The Kier molecular flexibility index (Phi) is 6.59. The smallest absolute Gasteiger partial charge is 0.339 e. The monoisotopic (exact) mass is 396 g/mol. The highest BCUT2D eigenvalue weighted by Gasteiger charge is 2.19. The fourth-order valence-corrected chi connectivity index (χ4v) is 3.17. The maximum atomic E-state index is 12.5. The van der Waals surface area contributed by atoms with Gasteiger partial charge in [-0.25, -0.2) is 4.79 Å². The fraction of sp³-hybridized carbons (Fsp3) is 0.176. The van der Waals surface area contributed by atoms with Crippen molar-refractivity contribution in [2.45, 2.75) is 18.2 Å². The van der Waals surface area contributed by atoms with Crippen molar-refractivity contribution in [3.63, 3.8) is 0 Å². The molecule has 0 heterocycles. The van der Waals surface area contributed by atoms with Crippen molar-refractivity contribution in [1.82, 2.24) is 5.32 Å². The number of hydrogen-bond donors (Lipinski definition) is 2. The van der Waals surface area contributed by atoms with E-state index in [1.165, 1.54) is 24.3 Å². The molecule has 9 heteroatoms. The first kappa shape index (κ1) is 19.7. The molecule has 0 spiro atoms.